The summed E-state index contributed by atoms with van der Waals surface area (Å²) in [6.45, 7) is 7.81. The minimum Gasteiger partial charge on any atom is -0.495 e. The molecule has 222 valence electrons. The third-order valence-corrected chi connectivity index (χ3v) is 9.17. The van der Waals surface area contributed by atoms with E-state index in [4.69, 9.17) is 52.1 Å². The topological polar surface area (TPSA) is 108 Å². The van der Waals surface area contributed by atoms with Gasteiger partial charge in [0, 0.05) is 61.4 Å². The van der Waals surface area contributed by atoms with Gasteiger partial charge in [-0.25, -0.2) is 15.0 Å². The number of nitrogens with one attached hydrogen (secondary N) is 1. The number of allylic oxidation sites excluding steroid dienone is 1. The predicted molar refractivity (Wildman–Crippen MR) is 162 cm³/mol. The van der Waals surface area contributed by atoms with E-state index >= 15 is 0 Å². The van der Waals surface area contributed by atoms with Gasteiger partial charge in [-0.3, -0.25) is 4.79 Å². The predicted octanol–water partition coefficient (Wildman–Crippen LogP) is 5.20. The lowest BCUT2D eigenvalue weighted by atomic mass is 9.79. The fraction of sp³-hybridized carbons (Fsp3) is 0.467. The minimum absolute atomic E-state index is 0.0150. The highest BCUT2D eigenvalue weighted by Gasteiger charge is 2.47. The summed E-state index contributed by atoms with van der Waals surface area (Å²) in [7, 11) is 3.08. The molecule has 1 aromatic carbocycles. The van der Waals surface area contributed by atoms with Crippen molar-refractivity contribution >= 4 is 51.7 Å². The highest BCUT2D eigenvalue weighted by atomic mass is 35.5. The zero-order valence-electron chi connectivity index (χ0n) is 23.6. The number of benzene rings is 1. The van der Waals surface area contributed by atoms with E-state index in [9.17, 15) is 4.79 Å². The Labute approximate surface area is 254 Å². The average molecular weight is 615 g/mol. The van der Waals surface area contributed by atoms with Crippen LogP contribution in [0.15, 0.2) is 31.0 Å². The molecule has 0 radical (unpaired) electrons. The quantitative estimate of drug-likeness (QED) is 0.323. The molecule has 2 aromatic heterocycles. The molecule has 1 spiro atoms. The molecule has 0 unspecified atom stereocenters. The van der Waals surface area contributed by atoms with Gasteiger partial charge in [0.2, 0.25) is 5.95 Å². The Kier molecular flexibility index (Phi) is 8.15. The minimum atomic E-state index is -0.111. The molecule has 42 heavy (non-hydrogen) atoms. The lowest BCUT2D eigenvalue weighted by Crippen LogP contribution is -2.57. The van der Waals surface area contributed by atoms with Crippen molar-refractivity contribution in [2.45, 2.75) is 25.3 Å². The number of methoxy groups -OCH3 is 2. The van der Waals surface area contributed by atoms with Gasteiger partial charge >= 0.3 is 0 Å². The number of rotatable bonds is 9. The smallest absolute Gasteiger partial charge is 0.223 e. The molecule has 3 fully saturated rings. The molecular formula is C30H33Cl2N5O5. The molecular weight excluding hydrogens is 581 g/mol. The summed E-state index contributed by atoms with van der Waals surface area (Å²) in [6, 6.07) is 3.42. The molecule has 10 nitrogen and oxygen atoms in total. The number of pyridine rings is 1. The van der Waals surface area contributed by atoms with Gasteiger partial charge in [0.25, 0.3) is 0 Å². The maximum Gasteiger partial charge on any atom is 0.223 e. The third kappa shape index (κ3) is 5.37. The molecule has 0 amide bonds. The number of fused-ring (bicyclic) bond motifs is 1. The van der Waals surface area contributed by atoms with Crippen LogP contribution < -0.4 is 19.7 Å². The van der Waals surface area contributed by atoms with Crippen molar-refractivity contribution in [2.24, 2.45) is 11.3 Å². The maximum absolute atomic E-state index is 12.1. The van der Waals surface area contributed by atoms with Crippen LogP contribution in [0.1, 0.15) is 19.3 Å². The Morgan fingerprint density at radius 2 is 1.93 bits per heavy atom. The van der Waals surface area contributed by atoms with Crippen LogP contribution in [0.5, 0.6) is 11.5 Å². The van der Waals surface area contributed by atoms with Gasteiger partial charge in [-0.15, -0.1) is 0 Å². The number of hydrogen-bond acceptors (Lipinski definition) is 10. The van der Waals surface area contributed by atoms with Crippen molar-refractivity contribution in [3.05, 3.63) is 41.0 Å². The lowest BCUT2D eigenvalue weighted by Gasteiger charge is -2.48. The molecule has 5 heterocycles. The summed E-state index contributed by atoms with van der Waals surface area (Å²) in [5, 5.41) is 4.87. The van der Waals surface area contributed by atoms with Gasteiger partial charge < -0.3 is 29.2 Å². The molecule has 1 N–H and O–H groups in total. The van der Waals surface area contributed by atoms with Crippen molar-refractivity contribution in [1.29, 1.82) is 0 Å². The Morgan fingerprint density at radius 1 is 1.17 bits per heavy atom. The fourth-order valence-corrected chi connectivity index (χ4v) is 6.75. The fourth-order valence-electron chi connectivity index (χ4n) is 6.06. The first-order valence-electron chi connectivity index (χ1n) is 13.9. The van der Waals surface area contributed by atoms with Crippen LogP contribution in [0, 0.1) is 11.3 Å². The molecule has 0 saturated carbocycles. The van der Waals surface area contributed by atoms with Gasteiger partial charge in [-0.2, -0.15) is 0 Å². The molecule has 6 rings (SSSR count). The summed E-state index contributed by atoms with van der Waals surface area (Å²) in [5.41, 5.74) is 1.88. The maximum atomic E-state index is 12.1. The highest BCUT2D eigenvalue weighted by Crippen LogP contribution is 2.48. The van der Waals surface area contributed by atoms with Crippen LogP contribution >= 0.6 is 23.2 Å². The molecule has 2 atom stereocenters. The van der Waals surface area contributed by atoms with E-state index in [1.807, 2.05) is 6.07 Å². The van der Waals surface area contributed by atoms with Gasteiger partial charge in [-0.05, 0) is 30.9 Å². The van der Waals surface area contributed by atoms with Crippen molar-refractivity contribution < 1.29 is 23.7 Å². The second-order valence-electron chi connectivity index (χ2n) is 11.2. The number of anilines is 2. The second kappa shape index (κ2) is 11.8. The van der Waals surface area contributed by atoms with E-state index in [0.29, 0.717) is 69.7 Å². The number of aromatic nitrogens is 3. The summed E-state index contributed by atoms with van der Waals surface area (Å²) in [6.07, 6.45) is 5.32. The monoisotopic (exact) mass is 613 g/mol. The van der Waals surface area contributed by atoms with Crippen LogP contribution in [-0.2, 0) is 14.3 Å². The van der Waals surface area contributed by atoms with Crippen molar-refractivity contribution in [3.8, 4) is 22.8 Å². The second-order valence-corrected chi connectivity index (χ2v) is 11.9. The van der Waals surface area contributed by atoms with Crippen molar-refractivity contribution in [3.63, 3.8) is 0 Å². The highest BCUT2D eigenvalue weighted by molar-refractivity contribution is 6.41. The van der Waals surface area contributed by atoms with Gasteiger partial charge in [0.1, 0.15) is 17.0 Å². The number of hydrogen-bond donors (Lipinski definition) is 1. The first-order chi connectivity index (χ1) is 20.3. The van der Waals surface area contributed by atoms with Gasteiger partial charge in [0.15, 0.2) is 11.6 Å². The molecule has 12 heteroatoms. The van der Waals surface area contributed by atoms with Crippen LogP contribution in [0.4, 0.5) is 11.8 Å². The van der Waals surface area contributed by atoms with E-state index in [-0.39, 0.29) is 23.2 Å². The Bertz CT molecular complexity index is 1490. The SMILES string of the molecule is C=CC(=O)C[C@H]1CCOC[C@H]1Nc1ncc2cc(-c3c(Cl)c(OC)cc(OC)c3Cl)nc(N3CC4(CCOC4)C3)c2n1. The molecule has 3 saturated heterocycles. The first-order valence-corrected chi connectivity index (χ1v) is 14.7. The first kappa shape index (κ1) is 28.9. The number of carbonyl (C=O) groups excluding carboxylic acids is 1. The van der Waals surface area contributed by atoms with E-state index in [2.05, 4.69) is 21.8 Å². The van der Waals surface area contributed by atoms with Gasteiger partial charge in [0.05, 0.1) is 49.2 Å². The molecule has 0 aliphatic carbocycles. The Morgan fingerprint density at radius 3 is 2.60 bits per heavy atom. The Hall–Kier alpha value is -3.18. The normalized spacial score (nSPS) is 21.3. The Balaban J connectivity index is 1.41. The van der Waals surface area contributed by atoms with Crippen molar-refractivity contribution in [2.75, 3.05) is 64.0 Å². The number of halogens is 2. The number of ether oxygens (including phenoxy) is 4. The van der Waals surface area contributed by atoms with E-state index in [0.717, 1.165) is 44.5 Å². The van der Waals surface area contributed by atoms with Crippen molar-refractivity contribution in [1.82, 2.24) is 15.0 Å². The van der Waals surface area contributed by atoms with E-state index in [1.54, 1.807) is 26.5 Å². The number of nitrogens with zero attached hydrogens (tertiary/aromatic N) is 4. The van der Waals surface area contributed by atoms with Crippen LogP contribution in [-0.4, -0.2) is 80.5 Å². The molecule has 0 bridgehead atoms. The molecule has 3 aromatic rings. The molecule has 3 aliphatic heterocycles. The van der Waals surface area contributed by atoms with Crippen LogP contribution in [0.3, 0.4) is 0 Å². The average Bonchev–Trinajstić information content (AvgIpc) is 3.48. The summed E-state index contributed by atoms with van der Waals surface area (Å²) in [4.78, 5) is 29.0. The lowest BCUT2D eigenvalue weighted by molar-refractivity contribution is -0.116. The third-order valence-electron chi connectivity index (χ3n) is 8.42. The number of ketones is 1. The zero-order chi connectivity index (χ0) is 29.4. The number of carbonyl (C=O) groups is 1. The summed E-state index contributed by atoms with van der Waals surface area (Å²) in [5.74, 6) is 2.12. The van der Waals surface area contributed by atoms with Crippen LogP contribution in [0.25, 0.3) is 22.2 Å². The largest absolute Gasteiger partial charge is 0.495 e. The van der Waals surface area contributed by atoms with E-state index < -0.39 is 0 Å². The zero-order valence-corrected chi connectivity index (χ0v) is 25.1. The van der Waals surface area contributed by atoms with E-state index in [1.165, 1.54) is 6.08 Å². The summed E-state index contributed by atoms with van der Waals surface area (Å²) < 4.78 is 22.4. The van der Waals surface area contributed by atoms with Gasteiger partial charge in [-0.1, -0.05) is 29.8 Å². The molecule has 3 aliphatic rings. The standard InChI is InChI=1S/C30H33Cl2N5O5/c1-4-19(38)9-17-5-7-41-13-21(17)35-29-33-12-18-10-20(24-25(31)22(39-2)11-23(40-3)26(24)32)34-28(27(18)36-29)37-14-30(15-37)6-8-42-16-30/h4,10-12,17,21H,1,5-9,13-16H2,2-3H3,(H,33,35,36)/t17-,21-/m1/s1. The summed E-state index contributed by atoms with van der Waals surface area (Å²) >= 11 is 13.6. The van der Waals surface area contributed by atoms with Crippen LogP contribution in [0.2, 0.25) is 10.0 Å².